The summed E-state index contributed by atoms with van der Waals surface area (Å²) in [5.74, 6) is 1.14. The van der Waals surface area contributed by atoms with Crippen LogP contribution in [0.15, 0.2) is 6.20 Å². The van der Waals surface area contributed by atoms with Crippen molar-refractivity contribution >= 4 is 17.7 Å². The first kappa shape index (κ1) is 11.4. The first-order valence-electron chi connectivity index (χ1n) is 5.28. The molecule has 1 aromatic heterocycles. The third-order valence-corrected chi connectivity index (χ3v) is 3.63. The van der Waals surface area contributed by atoms with E-state index in [0.717, 1.165) is 6.54 Å². The summed E-state index contributed by atoms with van der Waals surface area (Å²) >= 11 is 1.99. The zero-order chi connectivity index (χ0) is 11.4. The Labute approximate surface area is 97.6 Å². The second-order valence-corrected chi connectivity index (χ2v) is 4.99. The zero-order valence-electron chi connectivity index (χ0n) is 8.89. The van der Waals surface area contributed by atoms with Crippen LogP contribution >= 0.6 is 11.8 Å². The van der Waals surface area contributed by atoms with Crippen LogP contribution in [-0.2, 0) is 6.54 Å². The van der Waals surface area contributed by atoms with E-state index >= 15 is 0 Å². The molecule has 2 rings (SSSR count). The highest BCUT2D eigenvalue weighted by Crippen LogP contribution is 1.97. The Kier molecular flexibility index (Phi) is 3.79. The zero-order valence-corrected chi connectivity index (χ0v) is 9.70. The lowest BCUT2D eigenvalue weighted by Gasteiger charge is -2.22. The second-order valence-electron chi connectivity index (χ2n) is 3.77. The molecule has 0 saturated carbocycles. The van der Waals surface area contributed by atoms with Crippen LogP contribution in [0.3, 0.4) is 0 Å². The van der Waals surface area contributed by atoms with Gasteiger partial charge in [-0.3, -0.25) is 0 Å². The summed E-state index contributed by atoms with van der Waals surface area (Å²) in [5.41, 5.74) is -0.0933. The van der Waals surface area contributed by atoms with Gasteiger partial charge in [-0.25, -0.2) is 4.68 Å². The standard InChI is InChI=1S/C9H14N4O2S/c14-9(15)8-7-13(11-10-8)2-1-12-3-5-16-6-4-12/h7H,1-6H2,(H,14,15). The minimum absolute atomic E-state index is 0.0933. The van der Waals surface area contributed by atoms with Gasteiger partial charge in [0.25, 0.3) is 0 Å². The van der Waals surface area contributed by atoms with Gasteiger partial charge in [-0.2, -0.15) is 11.8 Å². The number of carboxylic acid groups (broad SMARTS) is 1. The van der Waals surface area contributed by atoms with Crippen molar-refractivity contribution in [3.05, 3.63) is 11.9 Å². The monoisotopic (exact) mass is 242 g/mol. The maximum absolute atomic E-state index is 10.5. The molecule has 0 radical (unpaired) electrons. The number of nitrogens with one attached hydrogen (secondary N) is 1. The highest BCUT2D eigenvalue weighted by Gasteiger charge is 2.13. The van der Waals surface area contributed by atoms with Crippen LogP contribution in [0.1, 0.15) is 10.5 Å². The molecule has 1 aliphatic rings. The van der Waals surface area contributed by atoms with Crippen LogP contribution in [0.4, 0.5) is 0 Å². The molecule has 0 amide bonds. The summed E-state index contributed by atoms with van der Waals surface area (Å²) in [5, 5.41) is 17.8. The molecule has 1 N–H and O–H groups in total. The van der Waals surface area contributed by atoms with Gasteiger partial charge in [0.1, 0.15) is 5.69 Å². The largest absolute Gasteiger partial charge is 0.543 e. The molecule has 0 bridgehead atoms. The van der Waals surface area contributed by atoms with Crippen LogP contribution in [0.2, 0.25) is 0 Å². The lowest BCUT2D eigenvalue weighted by molar-refractivity contribution is -0.896. The van der Waals surface area contributed by atoms with Gasteiger partial charge < -0.3 is 14.8 Å². The minimum Gasteiger partial charge on any atom is -0.543 e. The van der Waals surface area contributed by atoms with Crippen molar-refractivity contribution in [2.75, 3.05) is 31.1 Å². The molecule has 1 aromatic rings. The maximum Gasteiger partial charge on any atom is 0.128 e. The van der Waals surface area contributed by atoms with Gasteiger partial charge in [-0.1, -0.05) is 5.21 Å². The molecule has 1 saturated heterocycles. The van der Waals surface area contributed by atoms with Gasteiger partial charge >= 0.3 is 0 Å². The number of carbonyl (C=O) groups excluding carboxylic acids is 1. The van der Waals surface area contributed by atoms with Crippen molar-refractivity contribution in [2.45, 2.75) is 6.54 Å². The average Bonchev–Trinajstić information content (AvgIpc) is 2.76. The first-order valence-corrected chi connectivity index (χ1v) is 6.44. The number of carboxylic acids is 1. The van der Waals surface area contributed by atoms with E-state index < -0.39 is 5.97 Å². The number of aromatic carboxylic acids is 1. The molecule has 1 aliphatic heterocycles. The average molecular weight is 242 g/mol. The molecule has 88 valence electrons. The lowest BCUT2D eigenvalue weighted by atomic mass is 10.4. The highest BCUT2D eigenvalue weighted by atomic mass is 32.2. The molecule has 2 heterocycles. The van der Waals surface area contributed by atoms with Crippen LogP contribution in [-0.4, -0.2) is 52.1 Å². The van der Waals surface area contributed by atoms with E-state index in [-0.39, 0.29) is 5.69 Å². The Morgan fingerprint density at radius 3 is 2.94 bits per heavy atom. The van der Waals surface area contributed by atoms with E-state index in [9.17, 15) is 9.90 Å². The van der Waals surface area contributed by atoms with E-state index in [1.807, 2.05) is 11.8 Å². The fourth-order valence-corrected chi connectivity index (χ4v) is 2.75. The Morgan fingerprint density at radius 2 is 2.31 bits per heavy atom. The quantitative estimate of drug-likeness (QED) is 0.620. The molecule has 0 aromatic carbocycles. The van der Waals surface area contributed by atoms with E-state index in [1.54, 1.807) is 9.58 Å². The van der Waals surface area contributed by atoms with Gasteiger partial charge in [-0.15, -0.1) is 5.10 Å². The van der Waals surface area contributed by atoms with Crippen molar-refractivity contribution in [3.63, 3.8) is 0 Å². The second kappa shape index (κ2) is 5.31. The summed E-state index contributed by atoms with van der Waals surface area (Å²) in [4.78, 5) is 12.0. The van der Waals surface area contributed by atoms with Crippen molar-refractivity contribution < 1.29 is 14.8 Å². The fraction of sp³-hybridized carbons (Fsp3) is 0.667. The summed E-state index contributed by atoms with van der Waals surface area (Å²) in [6, 6.07) is 0. The van der Waals surface area contributed by atoms with E-state index in [2.05, 4.69) is 10.3 Å². The lowest BCUT2D eigenvalue weighted by Crippen LogP contribution is -3.14. The Morgan fingerprint density at radius 1 is 1.56 bits per heavy atom. The van der Waals surface area contributed by atoms with Gasteiger partial charge in [0, 0.05) is 11.5 Å². The number of thioether (sulfide) groups is 1. The summed E-state index contributed by atoms with van der Waals surface area (Å²) < 4.78 is 1.57. The molecule has 16 heavy (non-hydrogen) atoms. The van der Waals surface area contributed by atoms with Gasteiger partial charge in [0.05, 0.1) is 38.3 Å². The number of quaternary nitrogens is 1. The van der Waals surface area contributed by atoms with E-state index in [0.29, 0.717) is 6.54 Å². The van der Waals surface area contributed by atoms with Gasteiger partial charge in [-0.05, 0) is 0 Å². The molecule has 0 atom stereocenters. The fourth-order valence-electron chi connectivity index (χ4n) is 1.68. The molecular formula is C9H14N4O2S. The van der Waals surface area contributed by atoms with Crippen LogP contribution in [0.5, 0.6) is 0 Å². The Hall–Kier alpha value is -1.08. The van der Waals surface area contributed by atoms with E-state index in [1.165, 1.54) is 30.8 Å². The molecule has 6 nitrogen and oxygen atoms in total. The number of carbonyl (C=O) groups is 1. The van der Waals surface area contributed by atoms with Crippen molar-refractivity contribution in [2.24, 2.45) is 0 Å². The number of hydrogen-bond acceptors (Lipinski definition) is 5. The Balaban J connectivity index is 1.81. The molecule has 7 heteroatoms. The van der Waals surface area contributed by atoms with Crippen molar-refractivity contribution in [1.82, 2.24) is 15.0 Å². The smallest absolute Gasteiger partial charge is 0.128 e. The van der Waals surface area contributed by atoms with Crippen molar-refractivity contribution in [1.29, 1.82) is 0 Å². The summed E-state index contributed by atoms with van der Waals surface area (Å²) in [7, 11) is 0. The van der Waals surface area contributed by atoms with Gasteiger partial charge in [0.15, 0.2) is 0 Å². The number of rotatable bonds is 4. The number of hydrogen-bond donors (Lipinski definition) is 1. The predicted octanol–water partition coefficient (Wildman–Crippen LogP) is -2.73. The number of aromatic nitrogens is 3. The predicted molar refractivity (Wildman–Crippen MR) is 57.2 cm³/mol. The third kappa shape index (κ3) is 2.96. The normalized spacial score (nSPS) is 17.5. The molecule has 0 spiro atoms. The van der Waals surface area contributed by atoms with Crippen molar-refractivity contribution in [3.8, 4) is 0 Å². The van der Waals surface area contributed by atoms with Crippen LogP contribution in [0.25, 0.3) is 0 Å². The maximum atomic E-state index is 10.5. The SMILES string of the molecule is O=C([O-])c1cn(CC[NH+]2CCSCC2)nn1. The first-order chi connectivity index (χ1) is 7.75. The molecule has 0 unspecified atom stereocenters. The van der Waals surface area contributed by atoms with Crippen LogP contribution < -0.4 is 10.0 Å². The third-order valence-electron chi connectivity index (χ3n) is 2.64. The summed E-state index contributed by atoms with van der Waals surface area (Å²) in [6.07, 6.45) is 1.42. The molecule has 1 fully saturated rings. The minimum atomic E-state index is -1.27. The van der Waals surface area contributed by atoms with Crippen LogP contribution in [0, 0.1) is 0 Å². The van der Waals surface area contributed by atoms with Gasteiger partial charge in [0.2, 0.25) is 0 Å². The Bertz CT molecular complexity index is 362. The molecule has 0 aliphatic carbocycles. The number of nitrogens with zero attached hydrogens (tertiary/aromatic N) is 3. The van der Waals surface area contributed by atoms with E-state index in [4.69, 9.17) is 0 Å². The summed E-state index contributed by atoms with van der Waals surface area (Å²) in [6.45, 7) is 4.02. The topological polar surface area (TPSA) is 75.3 Å². The molecular weight excluding hydrogens is 228 g/mol. The highest BCUT2D eigenvalue weighted by molar-refractivity contribution is 7.99.